The maximum absolute atomic E-state index is 13.1. The number of amides is 1. The molecule has 1 aliphatic heterocycles. The Hall–Kier alpha value is -4.13. The fourth-order valence-corrected chi connectivity index (χ4v) is 4.30. The second-order valence-corrected chi connectivity index (χ2v) is 7.98. The Kier molecular flexibility index (Phi) is 5.52. The first kappa shape index (κ1) is 20.8. The number of methoxy groups -OCH3 is 1. The van der Waals surface area contributed by atoms with Crippen molar-refractivity contribution >= 4 is 17.4 Å². The van der Waals surface area contributed by atoms with E-state index in [0.29, 0.717) is 17.9 Å². The molecular weight excluding hydrogens is 414 g/mol. The van der Waals surface area contributed by atoms with E-state index in [1.165, 1.54) is 5.56 Å². The molecule has 0 bridgehead atoms. The van der Waals surface area contributed by atoms with E-state index < -0.39 is 0 Å². The van der Waals surface area contributed by atoms with Crippen molar-refractivity contribution in [3.63, 3.8) is 0 Å². The fourth-order valence-electron chi connectivity index (χ4n) is 4.30. The SMILES string of the molecule is COc1ccccc1C(Nc1ccc(C(=O)N2CCc3ccccc32)cn1)c1nccn1C. The summed E-state index contributed by atoms with van der Waals surface area (Å²) in [6.07, 6.45) is 6.17. The Labute approximate surface area is 192 Å². The van der Waals surface area contributed by atoms with E-state index in [9.17, 15) is 4.79 Å². The minimum atomic E-state index is -0.277. The third kappa shape index (κ3) is 3.93. The molecule has 2 aromatic carbocycles. The Bertz CT molecular complexity index is 1280. The molecule has 1 unspecified atom stereocenters. The second kappa shape index (κ2) is 8.78. The van der Waals surface area contributed by atoms with Gasteiger partial charge in [-0.15, -0.1) is 0 Å². The van der Waals surface area contributed by atoms with E-state index in [2.05, 4.69) is 21.4 Å². The van der Waals surface area contributed by atoms with E-state index in [4.69, 9.17) is 4.74 Å². The summed E-state index contributed by atoms with van der Waals surface area (Å²) in [7, 11) is 3.61. The fraction of sp³-hybridized carbons (Fsp3) is 0.192. The average molecular weight is 440 g/mol. The smallest absolute Gasteiger partial charge is 0.259 e. The van der Waals surface area contributed by atoms with Crippen LogP contribution in [0.2, 0.25) is 0 Å². The van der Waals surface area contributed by atoms with E-state index in [1.54, 1.807) is 19.5 Å². The summed E-state index contributed by atoms with van der Waals surface area (Å²) in [4.78, 5) is 24.0. The first-order valence-electron chi connectivity index (χ1n) is 10.9. The summed E-state index contributed by atoms with van der Waals surface area (Å²) < 4.78 is 7.56. The van der Waals surface area contributed by atoms with Gasteiger partial charge in [0.2, 0.25) is 0 Å². The predicted octanol–water partition coefficient (Wildman–Crippen LogP) is 4.23. The lowest BCUT2D eigenvalue weighted by atomic mass is 10.0. The minimum absolute atomic E-state index is 0.0376. The molecule has 0 saturated heterocycles. The number of anilines is 2. The van der Waals surface area contributed by atoms with E-state index >= 15 is 0 Å². The minimum Gasteiger partial charge on any atom is -0.496 e. The molecule has 3 heterocycles. The number of carbonyl (C=O) groups is 1. The highest BCUT2D eigenvalue weighted by molar-refractivity contribution is 6.07. The van der Waals surface area contributed by atoms with E-state index in [1.807, 2.05) is 77.3 Å². The number of nitrogens with zero attached hydrogens (tertiary/aromatic N) is 4. The zero-order valence-electron chi connectivity index (χ0n) is 18.6. The van der Waals surface area contributed by atoms with Crippen molar-refractivity contribution in [1.29, 1.82) is 0 Å². The standard InChI is InChI=1S/C26H25N5O2/c1-30-16-14-27-25(30)24(20-8-4-6-10-22(20)33-2)29-23-12-11-19(17-28-23)26(32)31-15-13-18-7-3-5-9-21(18)31/h3-12,14,16-17,24H,13,15H2,1-2H3,(H,28,29). The number of rotatable bonds is 6. The lowest BCUT2D eigenvalue weighted by Gasteiger charge is -2.22. The summed E-state index contributed by atoms with van der Waals surface area (Å²) in [6.45, 7) is 0.688. The molecule has 33 heavy (non-hydrogen) atoms. The molecular formula is C26H25N5O2. The van der Waals surface area contributed by atoms with Crippen molar-refractivity contribution in [3.8, 4) is 5.75 Å². The van der Waals surface area contributed by atoms with Crippen molar-refractivity contribution < 1.29 is 9.53 Å². The largest absolute Gasteiger partial charge is 0.496 e. The van der Waals surface area contributed by atoms with Crippen LogP contribution >= 0.6 is 0 Å². The van der Waals surface area contributed by atoms with Crippen LogP contribution in [0.5, 0.6) is 5.75 Å². The third-order valence-electron chi connectivity index (χ3n) is 6.00. The number of benzene rings is 2. The number of aryl methyl sites for hydroxylation is 1. The van der Waals surface area contributed by atoms with Crippen LogP contribution < -0.4 is 15.0 Å². The van der Waals surface area contributed by atoms with Gasteiger partial charge in [-0.2, -0.15) is 0 Å². The van der Waals surface area contributed by atoms with Gasteiger partial charge in [0.15, 0.2) is 0 Å². The van der Waals surface area contributed by atoms with Crippen molar-refractivity contribution in [2.75, 3.05) is 23.9 Å². The molecule has 1 atom stereocenters. The molecule has 0 fully saturated rings. The molecule has 5 rings (SSSR count). The Morgan fingerprint density at radius 1 is 1.06 bits per heavy atom. The van der Waals surface area contributed by atoms with E-state index in [-0.39, 0.29) is 11.9 Å². The molecule has 0 radical (unpaired) electrons. The summed E-state index contributed by atoms with van der Waals surface area (Å²) in [6, 6.07) is 19.3. The first-order chi connectivity index (χ1) is 16.2. The number of imidazole rings is 1. The zero-order valence-corrected chi connectivity index (χ0v) is 18.6. The van der Waals surface area contributed by atoms with Gasteiger partial charge in [-0.25, -0.2) is 9.97 Å². The van der Waals surface area contributed by atoms with Crippen LogP contribution in [-0.4, -0.2) is 34.1 Å². The monoisotopic (exact) mass is 439 g/mol. The highest BCUT2D eigenvalue weighted by Gasteiger charge is 2.26. The maximum atomic E-state index is 13.1. The lowest BCUT2D eigenvalue weighted by molar-refractivity contribution is 0.0989. The molecule has 4 aromatic rings. The summed E-state index contributed by atoms with van der Waals surface area (Å²) in [5, 5.41) is 3.47. The van der Waals surface area contributed by atoms with Gasteiger partial charge in [0.05, 0.1) is 12.7 Å². The first-order valence-corrected chi connectivity index (χ1v) is 10.9. The van der Waals surface area contributed by atoms with E-state index in [0.717, 1.165) is 29.2 Å². The quantitative estimate of drug-likeness (QED) is 0.487. The highest BCUT2D eigenvalue weighted by atomic mass is 16.5. The number of carbonyl (C=O) groups excluding carboxylic acids is 1. The molecule has 7 nitrogen and oxygen atoms in total. The molecule has 1 N–H and O–H groups in total. The number of ether oxygens (including phenoxy) is 1. The van der Waals surface area contributed by atoms with Gasteiger partial charge in [-0.1, -0.05) is 36.4 Å². The average Bonchev–Trinajstić information content (AvgIpc) is 3.49. The van der Waals surface area contributed by atoms with Crippen molar-refractivity contribution in [2.24, 2.45) is 7.05 Å². The summed E-state index contributed by atoms with van der Waals surface area (Å²) in [5.41, 5.74) is 3.69. The topological polar surface area (TPSA) is 72.3 Å². The number of aromatic nitrogens is 3. The summed E-state index contributed by atoms with van der Waals surface area (Å²) in [5.74, 6) is 2.20. The number of pyridine rings is 1. The van der Waals surface area contributed by atoms with Crippen molar-refractivity contribution in [3.05, 3.63) is 102 Å². The van der Waals surface area contributed by atoms with Crippen LogP contribution in [0.4, 0.5) is 11.5 Å². The molecule has 2 aromatic heterocycles. The van der Waals surface area contributed by atoms with Gasteiger partial charge in [0.1, 0.15) is 23.4 Å². The van der Waals surface area contributed by atoms with Crippen LogP contribution in [0.3, 0.4) is 0 Å². The van der Waals surface area contributed by atoms with Gasteiger partial charge in [0, 0.05) is 43.4 Å². The number of hydrogen-bond donors (Lipinski definition) is 1. The van der Waals surface area contributed by atoms with Crippen LogP contribution in [-0.2, 0) is 13.5 Å². The number of nitrogens with one attached hydrogen (secondary N) is 1. The summed E-state index contributed by atoms with van der Waals surface area (Å²) >= 11 is 0. The Morgan fingerprint density at radius 2 is 1.88 bits per heavy atom. The van der Waals surface area contributed by atoms with Crippen LogP contribution in [0.1, 0.15) is 33.4 Å². The number of para-hydroxylation sites is 2. The van der Waals surface area contributed by atoms with Gasteiger partial charge in [-0.05, 0) is 36.2 Å². The number of fused-ring (bicyclic) bond motifs is 1. The van der Waals surface area contributed by atoms with Crippen molar-refractivity contribution in [1.82, 2.24) is 14.5 Å². The van der Waals surface area contributed by atoms with Gasteiger partial charge in [-0.3, -0.25) is 4.79 Å². The zero-order chi connectivity index (χ0) is 22.8. The van der Waals surface area contributed by atoms with Gasteiger partial charge >= 0.3 is 0 Å². The molecule has 0 aliphatic carbocycles. The normalized spacial score (nSPS) is 13.5. The molecule has 7 heteroatoms. The third-order valence-corrected chi connectivity index (χ3v) is 6.00. The number of hydrogen-bond acceptors (Lipinski definition) is 5. The molecule has 0 spiro atoms. The van der Waals surface area contributed by atoms with Gasteiger partial charge < -0.3 is 19.5 Å². The van der Waals surface area contributed by atoms with Gasteiger partial charge in [0.25, 0.3) is 5.91 Å². The molecule has 1 aliphatic rings. The molecule has 0 saturated carbocycles. The molecule has 1 amide bonds. The Balaban J connectivity index is 1.41. The van der Waals surface area contributed by atoms with Crippen molar-refractivity contribution in [2.45, 2.75) is 12.5 Å². The van der Waals surface area contributed by atoms with Crippen LogP contribution in [0.25, 0.3) is 0 Å². The highest BCUT2D eigenvalue weighted by Crippen LogP contribution is 2.32. The van der Waals surface area contributed by atoms with Crippen LogP contribution in [0, 0.1) is 0 Å². The predicted molar refractivity (Wildman–Crippen MR) is 128 cm³/mol. The maximum Gasteiger partial charge on any atom is 0.259 e. The Morgan fingerprint density at radius 3 is 2.64 bits per heavy atom. The molecule has 166 valence electrons. The second-order valence-electron chi connectivity index (χ2n) is 7.98. The van der Waals surface area contributed by atoms with Crippen LogP contribution in [0.15, 0.2) is 79.3 Å². The lowest BCUT2D eigenvalue weighted by Crippen LogP contribution is -2.29.